The molecule has 2 amide bonds. The molecule has 4 aliphatic rings. The predicted octanol–water partition coefficient (Wildman–Crippen LogP) is 11.9. The molecule has 62 heavy (non-hydrogen) atoms. The van der Waals surface area contributed by atoms with Crippen LogP contribution in [-0.2, 0) is 22.3 Å². The zero-order valence-electron chi connectivity index (χ0n) is 37.5. The van der Waals surface area contributed by atoms with E-state index in [1.54, 1.807) is 0 Å². The zero-order chi connectivity index (χ0) is 43.7. The quantitative estimate of drug-likeness (QED) is 0.180. The highest BCUT2D eigenvalue weighted by Crippen LogP contribution is 2.39. The van der Waals surface area contributed by atoms with Gasteiger partial charge in [-0.1, -0.05) is 60.7 Å². The van der Waals surface area contributed by atoms with E-state index in [2.05, 4.69) is 71.3 Å². The largest absolute Gasteiger partial charge is 0.490 e. The first-order chi connectivity index (χ1) is 29.7. The number of carbonyl (C=O) groups is 2. The smallest absolute Gasteiger partial charge is 0.407 e. The Morgan fingerprint density at radius 2 is 0.871 bits per heavy atom. The van der Waals surface area contributed by atoms with Crippen molar-refractivity contribution in [1.29, 1.82) is 0 Å². The second-order valence-electron chi connectivity index (χ2n) is 19.1. The van der Waals surface area contributed by atoms with Gasteiger partial charge in [0, 0.05) is 12.1 Å². The number of hydrogen-bond acceptors (Lipinski definition) is 8. The van der Waals surface area contributed by atoms with Gasteiger partial charge >= 0.3 is 12.2 Å². The molecular formula is C52H66N2O8. The van der Waals surface area contributed by atoms with E-state index in [0.29, 0.717) is 0 Å². The van der Waals surface area contributed by atoms with E-state index < -0.39 is 11.2 Å². The number of amides is 2. The minimum atomic E-state index is -0.471. The van der Waals surface area contributed by atoms with Crippen molar-refractivity contribution < 1.29 is 38.0 Å². The van der Waals surface area contributed by atoms with Gasteiger partial charge in [-0.2, -0.15) is 0 Å². The van der Waals surface area contributed by atoms with Gasteiger partial charge in [-0.3, -0.25) is 0 Å². The third kappa shape index (κ3) is 13.3. The molecule has 4 aromatic carbocycles. The predicted molar refractivity (Wildman–Crippen MR) is 241 cm³/mol. The van der Waals surface area contributed by atoms with Gasteiger partial charge in [-0.05, 0) is 177 Å². The molecule has 2 fully saturated rings. The summed E-state index contributed by atoms with van der Waals surface area (Å²) in [6.07, 6.45) is 11.1. The second kappa shape index (κ2) is 20.2. The zero-order valence-corrected chi connectivity index (χ0v) is 37.5. The van der Waals surface area contributed by atoms with E-state index in [1.807, 2.05) is 77.9 Å². The van der Waals surface area contributed by atoms with Crippen molar-refractivity contribution >= 4 is 12.2 Å². The summed E-state index contributed by atoms with van der Waals surface area (Å²) in [6.45, 7) is 11.3. The van der Waals surface area contributed by atoms with E-state index in [0.717, 1.165) is 100 Å². The molecule has 0 radical (unpaired) electrons. The van der Waals surface area contributed by atoms with Gasteiger partial charge < -0.3 is 39.1 Å². The Kier molecular flexibility index (Phi) is 14.6. The van der Waals surface area contributed by atoms with Crippen molar-refractivity contribution in [3.63, 3.8) is 0 Å². The maximum Gasteiger partial charge on any atom is 0.407 e. The third-order valence-corrected chi connectivity index (χ3v) is 11.7. The molecule has 2 saturated carbocycles. The Hall–Kier alpha value is -5.38. The van der Waals surface area contributed by atoms with Crippen molar-refractivity contribution in [1.82, 2.24) is 10.6 Å². The number of carbonyl (C=O) groups excluding carboxylic acids is 2. The van der Waals surface area contributed by atoms with Crippen molar-refractivity contribution in [3.05, 3.63) is 119 Å². The monoisotopic (exact) mass is 846 g/mol. The van der Waals surface area contributed by atoms with Crippen LogP contribution in [0.2, 0.25) is 0 Å². The molecule has 10 nitrogen and oxygen atoms in total. The molecule has 0 saturated heterocycles. The summed E-state index contributed by atoms with van der Waals surface area (Å²) in [7, 11) is 0. The lowest BCUT2D eigenvalue weighted by Gasteiger charge is -2.31. The molecule has 4 aromatic rings. The standard InChI is InChI=1S/2C26H33NO4/c2*1-26(2,3)31-25(28)27-20-10-12-21(13-11-20)29-22-14-16-24-19(17-22)9-15-23(30-24)18-7-5-4-6-8-18/h2*4-8,14,16-17,20-21,23H,9-13,15H2,1-3H3,(H,27,28). The SMILES string of the molecule is CC(C)(C)OC(=O)NC1CCC(Oc2ccc3c(c2)CCC(c2ccccc2)O3)CC1.CC(C)(C)OC(=O)NC1CCC(Oc2ccc3c(c2)CCC(c2ccccc2)O3)CC1. The van der Waals surface area contributed by atoms with E-state index in [4.69, 9.17) is 28.4 Å². The fourth-order valence-electron chi connectivity index (χ4n) is 8.66. The highest BCUT2D eigenvalue weighted by atomic mass is 16.6. The fourth-order valence-corrected chi connectivity index (χ4v) is 8.66. The van der Waals surface area contributed by atoms with Gasteiger partial charge in [-0.15, -0.1) is 0 Å². The maximum absolute atomic E-state index is 12.0. The van der Waals surface area contributed by atoms with Gasteiger partial charge in [0.05, 0.1) is 12.2 Å². The second-order valence-corrected chi connectivity index (χ2v) is 19.1. The van der Waals surface area contributed by atoms with Crippen LogP contribution in [0.5, 0.6) is 23.0 Å². The van der Waals surface area contributed by atoms with Gasteiger partial charge in [-0.25, -0.2) is 9.59 Å². The van der Waals surface area contributed by atoms with Gasteiger partial charge in [0.2, 0.25) is 0 Å². The third-order valence-electron chi connectivity index (χ3n) is 11.7. The summed E-state index contributed by atoms with van der Waals surface area (Å²) in [5.74, 6) is 3.73. The van der Waals surface area contributed by atoms with Gasteiger partial charge in [0.15, 0.2) is 0 Å². The van der Waals surface area contributed by atoms with Crippen LogP contribution in [0.25, 0.3) is 0 Å². The number of hydrogen-bond donors (Lipinski definition) is 2. The normalized spacial score (nSPS) is 23.3. The first-order valence-electron chi connectivity index (χ1n) is 22.7. The molecule has 2 unspecified atom stereocenters. The Labute approximate surface area is 368 Å². The highest BCUT2D eigenvalue weighted by Gasteiger charge is 2.29. The molecular weight excluding hydrogens is 781 g/mol. The number of rotatable bonds is 8. The van der Waals surface area contributed by atoms with E-state index in [9.17, 15) is 9.59 Å². The Balaban J connectivity index is 0.000000186. The lowest BCUT2D eigenvalue weighted by atomic mass is 9.93. The fraction of sp³-hybridized carbons (Fsp3) is 0.500. The molecule has 2 atom stereocenters. The molecule has 0 spiro atoms. The summed E-state index contributed by atoms with van der Waals surface area (Å²) in [5.41, 5.74) is 3.94. The van der Waals surface area contributed by atoms with Crippen LogP contribution < -0.4 is 29.6 Å². The molecule has 0 aromatic heterocycles. The van der Waals surface area contributed by atoms with Crippen molar-refractivity contribution in [2.24, 2.45) is 0 Å². The summed E-state index contributed by atoms with van der Waals surface area (Å²) in [5, 5.41) is 5.97. The van der Waals surface area contributed by atoms with E-state index >= 15 is 0 Å². The number of alkyl carbamates (subject to hydrolysis) is 2. The number of ether oxygens (including phenoxy) is 6. The maximum atomic E-state index is 12.0. The first kappa shape index (κ1) is 44.7. The average Bonchev–Trinajstić information content (AvgIpc) is 3.24. The van der Waals surface area contributed by atoms with Crippen molar-refractivity contribution in [3.8, 4) is 23.0 Å². The first-order valence-corrected chi connectivity index (χ1v) is 22.7. The van der Waals surface area contributed by atoms with Crippen LogP contribution in [0.3, 0.4) is 0 Å². The molecule has 10 heteroatoms. The number of nitrogens with one attached hydrogen (secondary N) is 2. The molecule has 2 aliphatic carbocycles. The number of benzene rings is 4. The molecule has 2 heterocycles. The summed E-state index contributed by atoms with van der Waals surface area (Å²) in [6, 6.07) is 33.5. The average molecular weight is 847 g/mol. The molecule has 2 N–H and O–H groups in total. The summed E-state index contributed by atoms with van der Waals surface area (Å²) < 4.78 is 35.7. The van der Waals surface area contributed by atoms with Crippen LogP contribution in [0, 0.1) is 0 Å². The number of fused-ring (bicyclic) bond motifs is 2. The number of aryl methyl sites for hydroxylation is 2. The van der Waals surface area contributed by atoms with Crippen LogP contribution in [0.1, 0.15) is 140 Å². The summed E-state index contributed by atoms with van der Waals surface area (Å²) >= 11 is 0. The van der Waals surface area contributed by atoms with Crippen molar-refractivity contribution in [2.45, 2.75) is 166 Å². The van der Waals surface area contributed by atoms with E-state index in [1.165, 1.54) is 22.3 Å². The minimum Gasteiger partial charge on any atom is -0.490 e. The Bertz CT molecular complexity index is 1910. The van der Waals surface area contributed by atoms with Crippen LogP contribution in [-0.4, -0.2) is 47.7 Å². The highest BCUT2D eigenvalue weighted by molar-refractivity contribution is 5.68. The van der Waals surface area contributed by atoms with Crippen LogP contribution in [0.15, 0.2) is 97.1 Å². The van der Waals surface area contributed by atoms with Gasteiger partial charge in [0.25, 0.3) is 0 Å². The molecule has 332 valence electrons. The van der Waals surface area contributed by atoms with Crippen molar-refractivity contribution in [2.75, 3.05) is 0 Å². The lowest BCUT2D eigenvalue weighted by molar-refractivity contribution is 0.0460. The Morgan fingerprint density at radius 1 is 0.500 bits per heavy atom. The molecule has 2 aliphatic heterocycles. The van der Waals surface area contributed by atoms with E-state index in [-0.39, 0.29) is 48.7 Å². The van der Waals surface area contributed by atoms with Crippen LogP contribution >= 0.6 is 0 Å². The molecule has 8 rings (SSSR count). The Morgan fingerprint density at radius 3 is 1.23 bits per heavy atom. The van der Waals surface area contributed by atoms with Crippen LogP contribution in [0.4, 0.5) is 9.59 Å². The topological polar surface area (TPSA) is 114 Å². The minimum absolute atomic E-state index is 0.119. The molecule has 0 bridgehead atoms. The lowest BCUT2D eigenvalue weighted by Crippen LogP contribution is -2.42. The summed E-state index contributed by atoms with van der Waals surface area (Å²) in [4.78, 5) is 23.9. The van der Waals surface area contributed by atoms with Gasteiger partial charge in [0.1, 0.15) is 46.4 Å².